The van der Waals surface area contributed by atoms with Crippen molar-refractivity contribution in [2.75, 3.05) is 9.62 Å². The normalized spacial score (nSPS) is 23.3. The predicted octanol–water partition coefficient (Wildman–Crippen LogP) is 4.77. The first-order valence-corrected chi connectivity index (χ1v) is 13.4. The molecule has 1 N–H and O–H groups in total. The number of sulfonamides is 1. The highest BCUT2D eigenvalue weighted by atomic mass is 35.5. The van der Waals surface area contributed by atoms with E-state index < -0.39 is 45.5 Å². The second kappa shape index (κ2) is 9.33. The van der Waals surface area contributed by atoms with E-state index in [0.717, 1.165) is 10.6 Å². The molecule has 1 amide bonds. The lowest BCUT2D eigenvalue weighted by molar-refractivity contribution is -0.242. The van der Waals surface area contributed by atoms with Crippen LogP contribution in [0.4, 0.5) is 29.3 Å². The molecule has 1 fully saturated rings. The van der Waals surface area contributed by atoms with Crippen LogP contribution in [0.5, 0.6) is 5.75 Å². The average Bonchev–Trinajstić information content (AvgIpc) is 3.35. The van der Waals surface area contributed by atoms with Crippen LogP contribution in [0.1, 0.15) is 40.5 Å². The van der Waals surface area contributed by atoms with Crippen molar-refractivity contribution in [3.8, 4) is 5.75 Å². The number of aryl methyl sites for hydroxylation is 1. The van der Waals surface area contributed by atoms with Crippen molar-refractivity contribution in [2.45, 2.75) is 75.9 Å². The zero-order valence-corrected chi connectivity index (χ0v) is 22.4. The molecule has 38 heavy (non-hydrogen) atoms. The highest BCUT2D eigenvalue weighted by Crippen LogP contribution is 2.50. The molecule has 1 unspecified atom stereocenters. The molecule has 1 aliphatic carbocycles. The largest absolute Gasteiger partial charge is 0.486 e. The lowest BCUT2D eigenvalue weighted by Gasteiger charge is -2.39. The van der Waals surface area contributed by atoms with Crippen molar-refractivity contribution in [3.63, 3.8) is 0 Å². The number of aromatic nitrogens is 2. The Kier molecular flexibility index (Phi) is 6.88. The zero-order chi connectivity index (χ0) is 28.3. The standard InChI is InChI=1S/C23H26ClF3N4O6S/c1-5-30-11-18(19(24)29-30)38(34,35)31-14-8-13(28-20(33)37-21(2,3)23(25,26)27)6-7-16(14)36-17-10-22(4,12-32)9-15(17)31/h6-8,11-12,15,17H,5,9-10H2,1-4H3,(H,28,33)/t15-,17-,22?/m1/s1. The second-order valence-electron chi connectivity index (χ2n) is 10.0. The maximum atomic E-state index is 14.0. The van der Waals surface area contributed by atoms with E-state index in [1.165, 1.54) is 29.1 Å². The number of carbonyl (C=O) groups is 2. The van der Waals surface area contributed by atoms with Gasteiger partial charge in [-0.1, -0.05) is 18.5 Å². The van der Waals surface area contributed by atoms with Crippen LogP contribution in [0.15, 0.2) is 29.3 Å². The number of nitrogens with one attached hydrogen (secondary N) is 1. The van der Waals surface area contributed by atoms with Gasteiger partial charge in [0.1, 0.15) is 23.0 Å². The Bertz CT molecular complexity index is 1380. The molecule has 15 heteroatoms. The van der Waals surface area contributed by atoms with E-state index in [-0.39, 0.29) is 40.0 Å². The topological polar surface area (TPSA) is 120 Å². The summed E-state index contributed by atoms with van der Waals surface area (Å²) in [5, 5.41) is 5.97. The Morgan fingerprint density at radius 3 is 2.61 bits per heavy atom. The number of amides is 1. The number of fused-ring (bicyclic) bond motifs is 2. The van der Waals surface area contributed by atoms with Gasteiger partial charge in [-0.05, 0) is 51.8 Å². The second-order valence-corrected chi connectivity index (χ2v) is 12.2. The van der Waals surface area contributed by atoms with Crippen LogP contribution in [-0.4, -0.2) is 54.5 Å². The Labute approximate surface area is 222 Å². The Balaban J connectivity index is 1.76. The Morgan fingerprint density at radius 1 is 1.34 bits per heavy atom. The molecular formula is C23H26ClF3N4O6S. The summed E-state index contributed by atoms with van der Waals surface area (Å²) in [6, 6.07) is 3.16. The molecule has 1 aromatic carbocycles. The minimum Gasteiger partial charge on any atom is -0.486 e. The molecular weight excluding hydrogens is 553 g/mol. The monoisotopic (exact) mass is 578 g/mol. The van der Waals surface area contributed by atoms with Crippen LogP contribution in [0.3, 0.4) is 0 Å². The first-order valence-electron chi connectivity index (χ1n) is 11.6. The minimum absolute atomic E-state index is 0.00888. The van der Waals surface area contributed by atoms with Crippen molar-refractivity contribution in [3.05, 3.63) is 29.5 Å². The summed E-state index contributed by atoms with van der Waals surface area (Å²) >= 11 is 6.19. The van der Waals surface area contributed by atoms with Crippen LogP contribution in [0.2, 0.25) is 5.15 Å². The lowest BCUT2D eigenvalue weighted by atomic mass is 9.91. The van der Waals surface area contributed by atoms with Gasteiger partial charge < -0.3 is 14.3 Å². The number of alkyl halides is 3. The molecule has 3 atom stereocenters. The fourth-order valence-electron chi connectivity index (χ4n) is 4.51. The Morgan fingerprint density at radius 2 is 2.03 bits per heavy atom. The number of hydrogen-bond acceptors (Lipinski definition) is 7. The third-order valence-electron chi connectivity index (χ3n) is 6.66. The third kappa shape index (κ3) is 4.91. The Hall–Kier alpha value is -3.00. The van der Waals surface area contributed by atoms with E-state index in [4.69, 9.17) is 16.3 Å². The van der Waals surface area contributed by atoms with E-state index >= 15 is 0 Å². The van der Waals surface area contributed by atoms with Gasteiger partial charge in [-0.3, -0.25) is 14.3 Å². The number of hydrogen-bond donors (Lipinski definition) is 1. The lowest BCUT2D eigenvalue weighted by Crippen LogP contribution is -2.49. The number of rotatable bonds is 6. The van der Waals surface area contributed by atoms with E-state index in [9.17, 15) is 31.2 Å². The molecule has 208 valence electrons. The summed E-state index contributed by atoms with van der Waals surface area (Å²) < 4.78 is 80.4. The molecule has 1 aliphatic heterocycles. The van der Waals surface area contributed by atoms with Crippen LogP contribution in [-0.2, 0) is 26.1 Å². The fraction of sp³-hybridized carbons (Fsp3) is 0.522. The first-order chi connectivity index (χ1) is 17.5. The number of halogens is 4. The highest BCUT2D eigenvalue weighted by Gasteiger charge is 2.53. The zero-order valence-electron chi connectivity index (χ0n) is 20.9. The molecule has 2 aromatic rings. The number of aldehydes is 1. The minimum atomic E-state index is -4.82. The number of benzene rings is 1. The molecule has 4 rings (SSSR count). The maximum Gasteiger partial charge on any atom is 0.427 e. The molecule has 0 radical (unpaired) electrons. The smallest absolute Gasteiger partial charge is 0.427 e. The van der Waals surface area contributed by atoms with Gasteiger partial charge in [-0.2, -0.15) is 18.3 Å². The van der Waals surface area contributed by atoms with Crippen molar-refractivity contribution >= 4 is 45.4 Å². The molecule has 2 aliphatic rings. The summed E-state index contributed by atoms with van der Waals surface area (Å²) in [5.41, 5.74) is -3.66. The molecule has 0 bridgehead atoms. The van der Waals surface area contributed by atoms with Gasteiger partial charge in [-0.15, -0.1) is 0 Å². The number of ether oxygens (including phenoxy) is 2. The van der Waals surface area contributed by atoms with Gasteiger partial charge in [0.2, 0.25) is 5.60 Å². The van der Waals surface area contributed by atoms with E-state index in [1.54, 1.807) is 13.8 Å². The molecule has 0 saturated heterocycles. The molecule has 10 nitrogen and oxygen atoms in total. The number of anilines is 2. The summed E-state index contributed by atoms with van der Waals surface area (Å²) in [6.45, 7) is 5.21. The average molecular weight is 579 g/mol. The van der Waals surface area contributed by atoms with Crippen molar-refractivity contribution in [1.82, 2.24) is 9.78 Å². The van der Waals surface area contributed by atoms with Crippen molar-refractivity contribution < 1.29 is 40.7 Å². The predicted molar refractivity (Wildman–Crippen MR) is 131 cm³/mol. The van der Waals surface area contributed by atoms with Crippen LogP contribution in [0.25, 0.3) is 0 Å². The summed E-state index contributed by atoms with van der Waals surface area (Å²) in [5.74, 6) is 0.138. The van der Waals surface area contributed by atoms with Gasteiger partial charge in [0.25, 0.3) is 10.0 Å². The van der Waals surface area contributed by atoms with Crippen molar-refractivity contribution in [1.29, 1.82) is 0 Å². The van der Waals surface area contributed by atoms with Crippen molar-refractivity contribution in [2.24, 2.45) is 5.41 Å². The van der Waals surface area contributed by atoms with Crippen LogP contribution in [0, 0.1) is 5.41 Å². The van der Waals surface area contributed by atoms with Gasteiger partial charge >= 0.3 is 12.3 Å². The van der Waals surface area contributed by atoms with E-state index in [0.29, 0.717) is 20.4 Å². The first kappa shape index (κ1) is 28.0. The van der Waals surface area contributed by atoms with Gasteiger partial charge in [0, 0.05) is 23.8 Å². The molecule has 1 saturated carbocycles. The SMILES string of the molecule is CCn1cc(S(=O)(=O)N2c3cc(NC(=O)OC(C)(C)C(F)(F)F)ccc3O[C@@H]3CC(C)(C=O)C[C@H]32)c(Cl)n1. The molecule has 2 heterocycles. The maximum absolute atomic E-state index is 14.0. The molecule has 1 aromatic heterocycles. The van der Waals surface area contributed by atoms with Gasteiger partial charge in [0.15, 0.2) is 5.15 Å². The number of nitrogens with zero attached hydrogens (tertiary/aromatic N) is 3. The molecule has 0 spiro atoms. The summed E-state index contributed by atoms with van der Waals surface area (Å²) in [7, 11) is -4.37. The van der Waals surface area contributed by atoms with Gasteiger partial charge in [0.05, 0.1) is 11.7 Å². The van der Waals surface area contributed by atoms with E-state index in [2.05, 4.69) is 15.2 Å². The quantitative estimate of drug-likeness (QED) is 0.490. The van der Waals surface area contributed by atoms with Crippen LogP contribution >= 0.6 is 11.6 Å². The van der Waals surface area contributed by atoms with E-state index in [1.807, 2.05) is 0 Å². The summed E-state index contributed by atoms with van der Waals surface area (Å²) in [4.78, 5) is 23.8. The van der Waals surface area contributed by atoms with Gasteiger partial charge in [-0.25, -0.2) is 13.2 Å². The third-order valence-corrected chi connectivity index (χ3v) is 8.89. The van der Waals surface area contributed by atoms with Crippen LogP contribution < -0.4 is 14.4 Å². The fourth-order valence-corrected chi connectivity index (χ4v) is 6.64. The summed E-state index contributed by atoms with van der Waals surface area (Å²) in [6.07, 6.45) is -4.43. The number of carbonyl (C=O) groups excluding carboxylic acids is 2. The highest BCUT2D eigenvalue weighted by molar-refractivity contribution is 7.93.